The molecule has 1 nitrogen and oxygen atoms in total. The van der Waals surface area contributed by atoms with Crippen LogP contribution in [0.2, 0.25) is 0 Å². The molecule has 0 fully saturated rings. The van der Waals surface area contributed by atoms with Crippen LogP contribution < -0.4 is 5.73 Å². The quantitative estimate of drug-likeness (QED) is 0.165. The van der Waals surface area contributed by atoms with Gasteiger partial charge in [0.15, 0.2) is 0 Å². The zero-order valence-corrected chi connectivity index (χ0v) is 37.2. The standard InChI is InChI=1S/C32H24.C25H17Br.C6H7N/c1-4-12-24(13-5-1)22-25-20-21-29-28-18-10-11-19-30(28)32(31(29)23-25,26-14-6-2-7-15-26)27-16-8-3-9-17-27;26-20-15-16-22-21-13-7-8-14-23(21)25(24(22)17-20,18-9-3-1-4-10-18)19-11-5-2-6-12-19;7-6-4-2-1-3-5-6/h1-21,23H,22H2;1-17H;1-5H,7H2/i20D,21D,23D;15D,16D,17D;. The van der Waals surface area contributed by atoms with Gasteiger partial charge in [-0.3, -0.25) is 0 Å². The Morgan fingerprint density at radius 2 is 0.692 bits per heavy atom. The van der Waals surface area contributed by atoms with Crippen LogP contribution in [0.1, 0.15) is 63.9 Å². The van der Waals surface area contributed by atoms with E-state index in [0.717, 1.165) is 66.9 Å². The van der Waals surface area contributed by atoms with Gasteiger partial charge >= 0.3 is 0 Å². The van der Waals surface area contributed by atoms with Crippen LogP contribution in [-0.2, 0) is 17.3 Å². The van der Waals surface area contributed by atoms with Gasteiger partial charge in [-0.15, -0.1) is 0 Å². The number of rotatable bonds is 6. The molecule has 0 heterocycles. The second kappa shape index (κ2) is 18.3. The summed E-state index contributed by atoms with van der Waals surface area (Å²) in [5.74, 6) is 0. The van der Waals surface area contributed by atoms with Crippen LogP contribution in [0.4, 0.5) is 5.69 Å². The lowest BCUT2D eigenvalue weighted by Gasteiger charge is -2.34. The molecule has 0 amide bonds. The summed E-state index contributed by atoms with van der Waals surface area (Å²) in [6.07, 6.45) is 0.452. The summed E-state index contributed by atoms with van der Waals surface area (Å²) in [4.78, 5) is 0. The number of nitrogens with two attached hydrogens (primary N) is 1. The lowest BCUT2D eigenvalue weighted by molar-refractivity contribution is 0.767. The Morgan fingerprint density at radius 3 is 1.11 bits per heavy atom. The summed E-state index contributed by atoms with van der Waals surface area (Å²) in [6.45, 7) is 0. The van der Waals surface area contributed by atoms with E-state index in [4.69, 9.17) is 12.6 Å². The fourth-order valence-corrected chi connectivity index (χ4v) is 10.0. The Balaban J connectivity index is 0.000000146. The van der Waals surface area contributed by atoms with E-state index in [0.29, 0.717) is 33.6 Å². The number of hydrogen-bond donors (Lipinski definition) is 1. The zero-order valence-electron chi connectivity index (χ0n) is 41.6. The van der Waals surface area contributed by atoms with Crippen LogP contribution in [0, 0.1) is 0 Å². The van der Waals surface area contributed by atoms with E-state index >= 15 is 0 Å². The van der Waals surface area contributed by atoms with Crippen molar-refractivity contribution in [3.8, 4) is 22.3 Å². The summed E-state index contributed by atoms with van der Waals surface area (Å²) in [6, 6.07) is 77.9. The van der Waals surface area contributed by atoms with Crippen molar-refractivity contribution in [2.45, 2.75) is 17.3 Å². The molecule has 312 valence electrons. The molecule has 0 aliphatic heterocycles. The molecule has 0 radical (unpaired) electrons. The number of halogens is 1. The fourth-order valence-electron chi connectivity index (χ4n) is 9.75. The van der Waals surface area contributed by atoms with E-state index in [-0.39, 0.29) is 30.2 Å². The molecule has 2 N–H and O–H groups in total. The van der Waals surface area contributed by atoms with Crippen molar-refractivity contribution in [3.63, 3.8) is 0 Å². The van der Waals surface area contributed by atoms with E-state index in [1.807, 2.05) is 170 Å². The monoisotopic (exact) mass is 903 g/mol. The van der Waals surface area contributed by atoms with Gasteiger partial charge in [0.05, 0.1) is 19.1 Å². The Hall–Kier alpha value is -7.52. The van der Waals surface area contributed by atoms with Crippen molar-refractivity contribution >= 4 is 21.6 Å². The summed E-state index contributed by atoms with van der Waals surface area (Å²) >= 11 is 3.43. The Morgan fingerprint density at radius 1 is 0.338 bits per heavy atom. The van der Waals surface area contributed by atoms with Crippen molar-refractivity contribution in [3.05, 3.63) is 327 Å². The van der Waals surface area contributed by atoms with Gasteiger partial charge in [-0.2, -0.15) is 0 Å². The molecule has 10 aromatic rings. The van der Waals surface area contributed by atoms with Gasteiger partial charge in [-0.05, 0) is 109 Å². The van der Waals surface area contributed by atoms with Gasteiger partial charge in [0.1, 0.15) is 0 Å². The maximum absolute atomic E-state index is 9.54. The minimum Gasteiger partial charge on any atom is -0.399 e. The van der Waals surface area contributed by atoms with Gasteiger partial charge in [0.2, 0.25) is 0 Å². The maximum atomic E-state index is 9.54. The highest BCUT2D eigenvalue weighted by atomic mass is 79.9. The van der Waals surface area contributed by atoms with Crippen LogP contribution in [0.25, 0.3) is 22.3 Å². The molecule has 2 heteroatoms. The largest absolute Gasteiger partial charge is 0.399 e. The number of para-hydroxylation sites is 1. The molecule has 2 aliphatic rings. The van der Waals surface area contributed by atoms with Crippen LogP contribution in [0.3, 0.4) is 0 Å². The minimum absolute atomic E-state index is 0.0560. The van der Waals surface area contributed by atoms with E-state index < -0.39 is 10.8 Å². The third-order valence-corrected chi connectivity index (χ3v) is 12.8. The van der Waals surface area contributed by atoms with Crippen molar-refractivity contribution in [2.75, 3.05) is 5.73 Å². The molecule has 0 bridgehead atoms. The summed E-state index contributed by atoms with van der Waals surface area (Å²) in [7, 11) is 0. The highest BCUT2D eigenvalue weighted by molar-refractivity contribution is 9.10. The van der Waals surface area contributed by atoms with Crippen LogP contribution >= 0.6 is 15.9 Å². The number of nitrogen functional groups attached to an aromatic ring is 1. The van der Waals surface area contributed by atoms with E-state index in [2.05, 4.69) is 76.6 Å². The molecule has 0 saturated carbocycles. The van der Waals surface area contributed by atoms with Gasteiger partial charge in [-0.25, -0.2) is 0 Å². The Labute approximate surface area is 400 Å². The first-order valence-corrected chi connectivity index (χ1v) is 22.6. The topological polar surface area (TPSA) is 26.0 Å². The van der Waals surface area contributed by atoms with Crippen molar-refractivity contribution < 1.29 is 8.22 Å². The smallest absolute Gasteiger partial charge is 0.0713 e. The molecule has 0 saturated heterocycles. The third kappa shape index (κ3) is 7.60. The molecule has 10 aromatic carbocycles. The number of anilines is 1. The summed E-state index contributed by atoms with van der Waals surface area (Å²) < 4.78 is 54.1. The number of hydrogen-bond acceptors (Lipinski definition) is 1. The number of fused-ring (bicyclic) bond motifs is 6. The minimum atomic E-state index is -0.736. The number of benzene rings is 10. The second-order valence-corrected chi connectivity index (χ2v) is 17.0. The first-order chi connectivity index (χ1) is 34.6. The average molecular weight is 905 g/mol. The van der Waals surface area contributed by atoms with Crippen LogP contribution in [0.15, 0.2) is 271 Å². The molecular formula is C63H48BrN. The van der Waals surface area contributed by atoms with Crippen LogP contribution in [-0.4, -0.2) is 0 Å². The van der Waals surface area contributed by atoms with Gasteiger partial charge in [0.25, 0.3) is 0 Å². The molecular weight excluding hydrogens is 851 g/mol. The third-order valence-electron chi connectivity index (χ3n) is 12.4. The predicted octanol–water partition coefficient (Wildman–Crippen LogP) is 15.7. The molecule has 0 aromatic heterocycles. The van der Waals surface area contributed by atoms with Crippen LogP contribution in [0.5, 0.6) is 0 Å². The molecule has 12 rings (SSSR count). The zero-order chi connectivity index (χ0) is 49.3. The van der Waals surface area contributed by atoms with E-state index in [9.17, 15) is 1.37 Å². The molecule has 0 unspecified atom stereocenters. The van der Waals surface area contributed by atoms with Crippen molar-refractivity contribution in [1.82, 2.24) is 0 Å². The average Bonchev–Trinajstić information content (AvgIpc) is 3.92. The lowest BCUT2D eigenvalue weighted by atomic mass is 9.67. The normalized spacial score (nSPS) is 14.4. The first-order valence-electron chi connectivity index (χ1n) is 24.8. The predicted molar refractivity (Wildman–Crippen MR) is 275 cm³/mol. The molecule has 0 spiro atoms. The molecule has 0 atom stereocenters. The second-order valence-electron chi connectivity index (χ2n) is 16.2. The van der Waals surface area contributed by atoms with E-state index in [1.165, 1.54) is 0 Å². The lowest BCUT2D eigenvalue weighted by Crippen LogP contribution is -2.28. The Kier molecular flexibility index (Phi) is 9.82. The summed E-state index contributed by atoms with van der Waals surface area (Å²) in [5.41, 5.74) is 17.5. The van der Waals surface area contributed by atoms with Crippen molar-refractivity contribution in [2.24, 2.45) is 0 Å². The van der Waals surface area contributed by atoms with Gasteiger partial charge in [0, 0.05) is 10.2 Å². The fraction of sp³-hybridized carbons (Fsp3) is 0.0476. The SMILES string of the molecule is Nc1ccccc1.[2H]c1c([2H])c2c(c([2H])c1Br)C(c1ccccc1)(c1ccccc1)c1ccccc1-2.[2H]c1c([2H])c2c(c([2H])c1Cc1ccccc1)C(c1ccccc1)(c1ccccc1)c1ccccc1-2. The van der Waals surface area contributed by atoms with E-state index in [1.54, 1.807) is 0 Å². The summed E-state index contributed by atoms with van der Waals surface area (Å²) in [5, 5.41) is 0. The van der Waals surface area contributed by atoms with Gasteiger partial charge in [-0.1, -0.05) is 258 Å². The molecule has 2 aliphatic carbocycles. The highest BCUT2D eigenvalue weighted by Crippen LogP contribution is 2.57. The first kappa shape index (κ1) is 34.9. The molecule has 65 heavy (non-hydrogen) atoms. The highest BCUT2D eigenvalue weighted by Gasteiger charge is 2.47. The maximum Gasteiger partial charge on any atom is 0.0713 e. The van der Waals surface area contributed by atoms with Crippen molar-refractivity contribution in [1.29, 1.82) is 0 Å². The van der Waals surface area contributed by atoms with Gasteiger partial charge < -0.3 is 5.73 Å². The Bertz CT molecular complexity index is 3440.